The summed E-state index contributed by atoms with van der Waals surface area (Å²) in [5.41, 5.74) is 2.08. The molecule has 1 saturated carbocycles. The van der Waals surface area contributed by atoms with Crippen LogP contribution in [0.5, 0.6) is 11.5 Å². The average molecular weight is 278 g/mol. The summed E-state index contributed by atoms with van der Waals surface area (Å²) in [5.74, 6) is 1.76. The number of hydrogen-bond acceptors (Lipinski definition) is 3. The quantitative estimate of drug-likeness (QED) is 0.920. The van der Waals surface area contributed by atoms with E-state index in [-0.39, 0.29) is 16.9 Å². The minimum atomic E-state index is -0.257. The van der Waals surface area contributed by atoms with Crippen LogP contribution in [-0.4, -0.2) is 25.4 Å². The van der Waals surface area contributed by atoms with Crippen molar-refractivity contribution in [3.8, 4) is 11.5 Å². The van der Waals surface area contributed by atoms with Gasteiger partial charge in [-0.2, -0.15) is 0 Å². The molecule has 1 aromatic carbocycles. The van der Waals surface area contributed by atoms with Crippen molar-refractivity contribution < 1.29 is 14.6 Å². The number of hydrogen-bond donors (Lipinski definition) is 1. The van der Waals surface area contributed by atoms with Crippen molar-refractivity contribution >= 4 is 0 Å². The zero-order valence-corrected chi connectivity index (χ0v) is 13.4. The Morgan fingerprint density at radius 1 is 1.05 bits per heavy atom. The highest BCUT2D eigenvalue weighted by molar-refractivity contribution is 5.50. The van der Waals surface area contributed by atoms with Crippen molar-refractivity contribution in [3.63, 3.8) is 0 Å². The van der Waals surface area contributed by atoms with Crippen molar-refractivity contribution in [2.24, 2.45) is 5.41 Å². The van der Waals surface area contributed by atoms with Crippen LogP contribution >= 0.6 is 0 Å². The number of aliphatic hydroxyl groups excluding tert-OH is 1. The van der Waals surface area contributed by atoms with Crippen molar-refractivity contribution in [2.45, 2.75) is 52.1 Å². The Bertz CT molecular complexity index is 507. The van der Waals surface area contributed by atoms with Gasteiger partial charge in [-0.15, -0.1) is 0 Å². The molecule has 20 heavy (non-hydrogen) atoms. The molecule has 1 aliphatic rings. The maximum atomic E-state index is 10.1. The van der Waals surface area contributed by atoms with Crippen LogP contribution in [0.4, 0.5) is 0 Å². The fraction of sp³-hybridized carbons (Fsp3) is 0.647. The Kier molecular flexibility index (Phi) is 3.76. The summed E-state index contributed by atoms with van der Waals surface area (Å²) in [6, 6.07) is 4.11. The van der Waals surface area contributed by atoms with Gasteiger partial charge in [-0.05, 0) is 42.9 Å². The van der Waals surface area contributed by atoms with Gasteiger partial charge in [-0.1, -0.05) is 20.8 Å². The molecular weight excluding hydrogens is 252 g/mol. The normalized spacial score (nSPS) is 28.4. The van der Waals surface area contributed by atoms with Crippen LogP contribution in [0.1, 0.15) is 44.7 Å². The second-order valence-electron chi connectivity index (χ2n) is 6.80. The van der Waals surface area contributed by atoms with Crippen molar-refractivity contribution in [2.75, 3.05) is 14.2 Å². The molecule has 0 heterocycles. The number of aryl methyl sites for hydroxylation is 1. The molecule has 112 valence electrons. The molecular formula is C17H26O3. The van der Waals surface area contributed by atoms with Gasteiger partial charge in [0, 0.05) is 11.0 Å². The molecule has 3 nitrogen and oxygen atoms in total. The Balaban J connectivity index is 2.61. The standard InChI is InChI=1S/C17H26O3/c1-11-7-15(20-6)13(8-14(11)19-5)17(4)10-12(18)9-16(17,2)3/h7-8,12,18H,9-10H2,1-6H3/t12?,17-/m0/s1. The van der Waals surface area contributed by atoms with E-state index in [1.54, 1.807) is 14.2 Å². The predicted molar refractivity (Wildman–Crippen MR) is 80.7 cm³/mol. The summed E-state index contributed by atoms with van der Waals surface area (Å²) in [7, 11) is 3.39. The maximum absolute atomic E-state index is 10.1. The van der Waals surface area contributed by atoms with Crippen LogP contribution in [0.3, 0.4) is 0 Å². The van der Waals surface area contributed by atoms with Gasteiger partial charge in [-0.3, -0.25) is 0 Å². The third-order valence-corrected chi connectivity index (χ3v) is 5.19. The lowest BCUT2D eigenvalue weighted by Crippen LogP contribution is -2.34. The molecule has 1 unspecified atom stereocenters. The Hall–Kier alpha value is -1.22. The lowest BCUT2D eigenvalue weighted by atomic mass is 9.65. The Morgan fingerprint density at radius 3 is 2.10 bits per heavy atom. The SMILES string of the molecule is COc1cc([C@]2(C)CC(O)CC2(C)C)c(OC)cc1C. The minimum absolute atomic E-state index is 0.0139. The third kappa shape index (κ3) is 2.18. The molecule has 1 aromatic rings. The van der Waals surface area contributed by atoms with E-state index in [0.717, 1.165) is 35.5 Å². The smallest absolute Gasteiger partial charge is 0.123 e. The average Bonchev–Trinajstić information content (AvgIpc) is 2.57. The number of methoxy groups -OCH3 is 2. The maximum Gasteiger partial charge on any atom is 0.123 e. The largest absolute Gasteiger partial charge is 0.496 e. The van der Waals surface area contributed by atoms with Crippen LogP contribution in [0.25, 0.3) is 0 Å². The predicted octanol–water partition coefficient (Wildman–Crippen LogP) is 3.45. The van der Waals surface area contributed by atoms with E-state index in [0.29, 0.717) is 0 Å². The van der Waals surface area contributed by atoms with Gasteiger partial charge >= 0.3 is 0 Å². The molecule has 2 rings (SSSR count). The topological polar surface area (TPSA) is 38.7 Å². The first-order valence-electron chi connectivity index (χ1n) is 7.16. The molecule has 0 radical (unpaired) electrons. The van der Waals surface area contributed by atoms with E-state index in [2.05, 4.69) is 26.8 Å². The van der Waals surface area contributed by atoms with Crippen LogP contribution < -0.4 is 9.47 Å². The van der Waals surface area contributed by atoms with Crippen molar-refractivity contribution in [1.82, 2.24) is 0 Å². The molecule has 0 saturated heterocycles. The first kappa shape index (κ1) is 15.2. The van der Waals surface area contributed by atoms with E-state index in [1.165, 1.54) is 0 Å². The van der Waals surface area contributed by atoms with Crippen molar-refractivity contribution in [1.29, 1.82) is 0 Å². The zero-order chi connectivity index (χ0) is 15.1. The minimum Gasteiger partial charge on any atom is -0.496 e. The summed E-state index contributed by atoms with van der Waals surface area (Å²) < 4.78 is 11.1. The van der Waals surface area contributed by atoms with Gasteiger partial charge < -0.3 is 14.6 Å². The number of rotatable bonds is 3. The second kappa shape index (κ2) is 4.96. The lowest BCUT2D eigenvalue weighted by Gasteiger charge is -2.39. The fourth-order valence-corrected chi connectivity index (χ4v) is 3.59. The highest BCUT2D eigenvalue weighted by atomic mass is 16.5. The van der Waals surface area contributed by atoms with E-state index >= 15 is 0 Å². The van der Waals surface area contributed by atoms with Gasteiger partial charge in [-0.25, -0.2) is 0 Å². The fourth-order valence-electron chi connectivity index (χ4n) is 3.59. The summed E-state index contributed by atoms with van der Waals surface area (Å²) >= 11 is 0. The summed E-state index contributed by atoms with van der Waals surface area (Å²) in [5, 5.41) is 10.1. The van der Waals surface area contributed by atoms with Crippen LogP contribution in [0.15, 0.2) is 12.1 Å². The van der Waals surface area contributed by atoms with Crippen molar-refractivity contribution in [3.05, 3.63) is 23.3 Å². The highest BCUT2D eigenvalue weighted by Crippen LogP contribution is 2.56. The molecule has 1 fully saturated rings. The molecule has 1 aliphatic carbocycles. The molecule has 2 atom stereocenters. The Morgan fingerprint density at radius 2 is 1.65 bits per heavy atom. The Labute approximate surface area is 121 Å². The highest BCUT2D eigenvalue weighted by Gasteiger charge is 2.51. The first-order valence-corrected chi connectivity index (χ1v) is 7.16. The van der Waals surface area contributed by atoms with E-state index in [9.17, 15) is 5.11 Å². The molecule has 0 spiro atoms. The van der Waals surface area contributed by atoms with E-state index < -0.39 is 0 Å². The molecule has 0 aromatic heterocycles. The third-order valence-electron chi connectivity index (χ3n) is 5.19. The molecule has 0 amide bonds. The lowest BCUT2D eigenvalue weighted by molar-refractivity contribution is 0.168. The van der Waals surface area contributed by atoms with Crippen LogP contribution in [0, 0.1) is 12.3 Å². The number of aliphatic hydroxyl groups is 1. The van der Waals surface area contributed by atoms with Gasteiger partial charge in [0.15, 0.2) is 0 Å². The zero-order valence-electron chi connectivity index (χ0n) is 13.4. The van der Waals surface area contributed by atoms with E-state index in [4.69, 9.17) is 9.47 Å². The number of benzene rings is 1. The molecule has 3 heteroatoms. The molecule has 0 bridgehead atoms. The molecule has 1 N–H and O–H groups in total. The first-order chi connectivity index (χ1) is 9.25. The summed E-state index contributed by atoms with van der Waals surface area (Å²) in [4.78, 5) is 0. The van der Waals surface area contributed by atoms with Gasteiger partial charge in [0.1, 0.15) is 11.5 Å². The number of ether oxygens (including phenoxy) is 2. The second-order valence-corrected chi connectivity index (χ2v) is 6.80. The van der Waals surface area contributed by atoms with E-state index in [1.807, 2.05) is 13.0 Å². The van der Waals surface area contributed by atoms with Gasteiger partial charge in [0.05, 0.1) is 20.3 Å². The van der Waals surface area contributed by atoms with Gasteiger partial charge in [0.25, 0.3) is 0 Å². The summed E-state index contributed by atoms with van der Waals surface area (Å²) in [6.45, 7) is 8.67. The van der Waals surface area contributed by atoms with Crippen LogP contribution in [0.2, 0.25) is 0 Å². The van der Waals surface area contributed by atoms with Crippen LogP contribution in [-0.2, 0) is 5.41 Å². The molecule has 0 aliphatic heterocycles. The summed E-state index contributed by atoms with van der Waals surface area (Å²) in [6.07, 6.45) is 1.30. The monoisotopic (exact) mass is 278 g/mol. The van der Waals surface area contributed by atoms with Gasteiger partial charge in [0.2, 0.25) is 0 Å².